The van der Waals surface area contributed by atoms with Crippen molar-refractivity contribution >= 4 is 21.9 Å². The number of ether oxygens (including phenoxy) is 1. The fraction of sp³-hybridized carbons (Fsp3) is 0.917. The first-order valence-corrected chi connectivity index (χ1v) is 6.87. The normalized spacial score (nSPS) is 40.7. The largest absolute Gasteiger partial charge is 0.469 e. The summed E-state index contributed by atoms with van der Waals surface area (Å²) in [4.78, 5) is 12.0. The molecule has 0 saturated heterocycles. The summed E-state index contributed by atoms with van der Waals surface area (Å²) in [5.41, 5.74) is 0. The number of methoxy groups -OCH3 is 1. The van der Waals surface area contributed by atoms with E-state index < -0.39 is 0 Å². The number of carbonyl (C=O) groups is 1. The quantitative estimate of drug-likeness (QED) is 0.543. The van der Waals surface area contributed by atoms with Gasteiger partial charge in [0.2, 0.25) is 0 Å². The Morgan fingerprint density at radius 3 is 2.67 bits per heavy atom. The molecule has 0 aromatic carbocycles. The van der Waals surface area contributed by atoms with Crippen LogP contribution in [0.5, 0.6) is 0 Å². The minimum atomic E-state index is -0.0269. The topological polar surface area (TPSA) is 26.3 Å². The van der Waals surface area contributed by atoms with Crippen LogP contribution in [0.15, 0.2) is 0 Å². The van der Waals surface area contributed by atoms with E-state index in [4.69, 9.17) is 4.74 Å². The molecular formula is C12H19BrO2. The third-order valence-corrected chi connectivity index (χ3v) is 5.43. The van der Waals surface area contributed by atoms with Crippen molar-refractivity contribution in [1.29, 1.82) is 0 Å². The summed E-state index contributed by atoms with van der Waals surface area (Å²) >= 11 is 3.74. The first-order valence-electron chi connectivity index (χ1n) is 5.96. The summed E-state index contributed by atoms with van der Waals surface area (Å²) in [6.45, 7) is 0. The predicted octanol–water partition coefficient (Wildman–Crippen LogP) is 3.14. The van der Waals surface area contributed by atoms with Crippen molar-refractivity contribution in [1.82, 2.24) is 0 Å². The van der Waals surface area contributed by atoms with E-state index in [0.717, 1.165) is 12.3 Å². The second kappa shape index (κ2) is 4.86. The number of esters is 1. The molecule has 2 aliphatic carbocycles. The highest BCUT2D eigenvalue weighted by Gasteiger charge is 2.42. The van der Waals surface area contributed by atoms with E-state index in [0.29, 0.717) is 10.7 Å². The highest BCUT2D eigenvalue weighted by molar-refractivity contribution is 9.09. The molecule has 0 aliphatic heterocycles. The third kappa shape index (κ3) is 2.22. The molecule has 2 aliphatic rings. The van der Waals surface area contributed by atoms with Crippen LogP contribution >= 0.6 is 15.9 Å². The number of hydrogen-bond acceptors (Lipinski definition) is 2. The van der Waals surface area contributed by atoms with Gasteiger partial charge < -0.3 is 4.74 Å². The second-order valence-corrected chi connectivity index (χ2v) is 5.92. The molecule has 2 rings (SSSR count). The fourth-order valence-corrected chi connectivity index (χ4v) is 4.44. The molecule has 3 heteroatoms. The molecule has 0 bridgehead atoms. The van der Waals surface area contributed by atoms with Gasteiger partial charge in [0.05, 0.1) is 13.0 Å². The van der Waals surface area contributed by atoms with Crippen molar-refractivity contribution in [2.45, 2.75) is 43.4 Å². The lowest BCUT2D eigenvalue weighted by Gasteiger charge is -2.42. The third-order valence-electron chi connectivity index (χ3n) is 4.11. The molecule has 0 aromatic rings. The average Bonchev–Trinajstić information content (AvgIpc) is 2.29. The number of rotatable bonds is 1. The summed E-state index contributed by atoms with van der Waals surface area (Å²) < 4.78 is 4.87. The smallest absolute Gasteiger partial charge is 0.309 e. The van der Waals surface area contributed by atoms with Gasteiger partial charge in [-0.1, -0.05) is 35.2 Å². The van der Waals surface area contributed by atoms with E-state index in [1.165, 1.54) is 39.2 Å². The lowest BCUT2D eigenvalue weighted by molar-refractivity contribution is -0.147. The van der Waals surface area contributed by atoms with Crippen molar-refractivity contribution in [3.05, 3.63) is 0 Å². The van der Waals surface area contributed by atoms with Crippen molar-refractivity contribution in [3.63, 3.8) is 0 Å². The second-order valence-electron chi connectivity index (χ2n) is 4.86. The van der Waals surface area contributed by atoms with Gasteiger partial charge in [0.15, 0.2) is 0 Å². The van der Waals surface area contributed by atoms with Gasteiger partial charge >= 0.3 is 5.97 Å². The Kier molecular flexibility index (Phi) is 3.70. The molecule has 2 saturated carbocycles. The van der Waals surface area contributed by atoms with Gasteiger partial charge in [-0.25, -0.2) is 0 Å². The van der Waals surface area contributed by atoms with Crippen molar-refractivity contribution in [2.24, 2.45) is 17.8 Å². The van der Waals surface area contributed by atoms with Gasteiger partial charge in [0.1, 0.15) is 0 Å². The van der Waals surface area contributed by atoms with Gasteiger partial charge in [0, 0.05) is 4.83 Å². The molecule has 4 atom stereocenters. The molecule has 0 amide bonds. The Labute approximate surface area is 99.9 Å². The Bertz CT molecular complexity index is 242. The maximum Gasteiger partial charge on any atom is 0.309 e. The zero-order valence-electron chi connectivity index (χ0n) is 9.25. The first kappa shape index (κ1) is 11.4. The van der Waals surface area contributed by atoms with E-state index in [1.54, 1.807) is 0 Å². The number of hydrogen-bond donors (Lipinski definition) is 0. The van der Waals surface area contributed by atoms with Gasteiger partial charge in [0.25, 0.3) is 0 Å². The molecule has 0 radical (unpaired) electrons. The van der Waals surface area contributed by atoms with Gasteiger partial charge in [-0.15, -0.1) is 0 Å². The monoisotopic (exact) mass is 274 g/mol. The molecule has 86 valence electrons. The van der Waals surface area contributed by atoms with E-state index in [1.807, 2.05) is 0 Å². The maximum absolute atomic E-state index is 11.6. The number of carbonyl (C=O) groups excluding carboxylic acids is 1. The van der Waals surface area contributed by atoms with Crippen LogP contribution in [0.25, 0.3) is 0 Å². The van der Waals surface area contributed by atoms with Crippen LogP contribution in [0, 0.1) is 17.8 Å². The van der Waals surface area contributed by atoms with Crippen LogP contribution in [-0.2, 0) is 9.53 Å². The van der Waals surface area contributed by atoms with Crippen LogP contribution in [-0.4, -0.2) is 17.9 Å². The van der Waals surface area contributed by atoms with Gasteiger partial charge in [-0.05, 0) is 31.1 Å². The lowest BCUT2D eigenvalue weighted by Crippen LogP contribution is -2.40. The summed E-state index contributed by atoms with van der Waals surface area (Å²) in [6.07, 6.45) is 7.58. The van der Waals surface area contributed by atoms with E-state index in [2.05, 4.69) is 15.9 Å². The van der Waals surface area contributed by atoms with Crippen LogP contribution in [0.1, 0.15) is 38.5 Å². The van der Waals surface area contributed by atoms with Crippen molar-refractivity contribution < 1.29 is 9.53 Å². The summed E-state index contributed by atoms with van der Waals surface area (Å²) in [6, 6.07) is 0. The number of fused-ring (bicyclic) bond motifs is 1. The molecule has 2 nitrogen and oxygen atoms in total. The molecular weight excluding hydrogens is 256 g/mol. The fourth-order valence-electron chi connectivity index (χ4n) is 3.26. The van der Waals surface area contributed by atoms with E-state index >= 15 is 0 Å². The van der Waals surface area contributed by atoms with Crippen LogP contribution in [0.4, 0.5) is 0 Å². The Hall–Kier alpha value is -0.0500. The van der Waals surface area contributed by atoms with Crippen molar-refractivity contribution in [3.8, 4) is 0 Å². The van der Waals surface area contributed by atoms with E-state index in [-0.39, 0.29) is 11.9 Å². The van der Waals surface area contributed by atoms with Gasteiger partial charge in [-0.3, -0.25) is 4.79 Å². The molecule has 0 N–H and O–H groups in total. The number of alkyl halides is 1. The molecule has 0 spiro atoms. The minimum absolute atomic E-state index is 0.0269. The minimum Gasteiger partial charge on any atom is -0.469 e. The SMILES string of the molecule is COC(=O)[C@H]1CC[C@@H]2CCCC[C@@H]2[C@@H]1Br. The Morgan fingerprint density at radius 1 is 1.20 bits per heavy atom. The summed E-state index contributed by atoms with van der Waals surface area (Å²) in [5, 5.41) is 0. The van der Waals surface area contributed by atoms with Crippen LogP contribution in [0.3, 0.4) is 0 Å². The van der Waals surface area contributed by atoms with Crippen molar-refractivity contribution in [2.75, 3.05) is 7.11 Å². The Morgan fingerprint density at radius 2 is 1.93 bits per heavy atom. The highest BCUT2D eigenvalue weighted by Crippen LogP contribution is 2.46. The standard InChI is InChI=1S/C12H19BrO2/c1-15-12(14)10-7-6-8-4-2-3-5-9(8)11(10)13/h8-11H,2-7H2,1H3/t8-,9-,10-,11-/m0/s1. The average molecular weight is 275 g/mol. The first-order chi connectivity index (χ1) is 7.24. The molecule has 0 unspecified atom stereocenters. The Balaban J connectivity index is 2.04. The zero-order chi connectivity index (χ0) is 10.8. The lowest BCUT2D eigenvalue weighted by atomic mass is 9.67. The summed E-state index contributed by atoms with van der Waals surface area (Å²) in [5.74, 6) is 1.62. The molecule has 15 heavy (non-hydrogen) atoms. The van der Waals surface area contributed by atoms with Crippen LogP contribution in [0.2, 0.25) is 0 Å². The highest BCUT2D eigenvalue weighted by atomic mass is 79.9. The molecule has 0 aromatic heterocycles. The summed E-state index contributed by atoms with van der Waals surface area (Å²) in [7, 11) is 1.50. The maximum atomic E-state index is 11.6. The predicted molar refractivity (Wildman–Crippen MR) is 62.9 cm³/mol. The molecule has 2 fully saturated rings. The van der Waals surface area contributed by atoms with Crippen LogP contribution < -0.4 is 0 Å². The zero-order valence-corrected chi connectivity index (χ0v) is 10.8. The van der Waals surface area contributed by atoms with Gasteiger partial charge in [-0.2, -0.15) is 0 Å². The van der Waals surface area contributed by atoms with E-state index in [9.17, 15) is 4.79 Å². The number of halogens is 1. The molecule has 0 heterocycles.